The zero-order chi connectivity index (χ0) is 22.5. The molecule has 3 aromatic carbocycles. The highest BCUT2D eigenvalue weighted by molar-refractivity contribution is 5.87. The van der Waals surface area contributed by atoms with Crippen LogP contribution in [0.3, 0.4) is 0 Å². The van der Waals surface area contributed by atoms with Crippen LogP contribution < -0.4 is 0 Å². The largest absolute Gasteiger partial charge is 0.445 e. The van der Waals surface area contributed by atoms with Crippen molar-refractivity contribution < 1.29 is 19.4 Å². The van der Waals surface area contributed by atoms with Crippen molar-refractivity contribution in [1.29, 1.82) is 0 Å². The maximum Gasteiger partial charge on any atom is 0.410 e. The fraction of sp³-hybridized carbons (Fsp3) is 0.308. The van der Waals surface area contributed by atoms with Gasteiger partial charge in [0.05, 0.1) is 12.6 Å². The molecule has 32 heavy (non-hydrogen) atoms. The highest BCUT2D eigenvalue weighted by atomic mass is 16.6. The number of amides is 2. The van der Waals surface area contributed by atoms with Crippen molar-refractivity contribution >= 4 is 22.8 Å². The van der Waals surface area contributed by atoms with Gasteiger partial charge in [0.15, 0.2) is 0 Å². The van der Waals surface area contributed by atoms with E-state index in [9.17, 15) is 14.7 Å². The summed E-state index contributed by atoms with van der Waals surface area (Å²) in [5.74, 6) is -0.182. The Labute approximate surface area is 188 Å². The van der Waals surface area contributed by atoms with Crippen LogP contribution >= 0.6 is 0 Å². The van der Waals surface area contributed by atoms with E-state index in [0.717, 1.165) is 5.56 Å². The number of hydrogen-bond acceptors (Lipinski definition) is 4. The van der Waals surface area contributed by atoms with Crippen molar-refractivity contribution in [2.45, 2.75) is 31.6 Å². The molecule has 1 aliphatic rings. The fourth-order valence-corrected chi connectivity index (χ4v) is 4.22. The van der Waals surface area contributed by atoms with Gasteiger partial charge in [0.1, 0.15) is 12.6 Å². The first-order chi connectivity index (χ1) is 15.5. The maximum atomic E-state index is 13.1. The van der Waals surface area contributed by atoms with E-state index in [4.69, 9.17) is 4.74 Å². The van der Waals surface area contributed by atoms with Gasteiger partial charge in [-0.15, -0.1) is 0 Å². The molecule has 1 N–H and O–H groups in total. The third kappa shape index (κ3) is 4.92. The fourth-order valence-electron chi connectivity index (χ4n) is 4.22. The van der Waals surface area contributed by atoms with Crippen LogP contribution in [0.1, 0.15) is 17.5 Å². The monoisotopic (exact) mass is 432 g/mol. The molecule has 2 atom stereocenters. The predicted octanol–water partition coefficient (Wildman–Crippen LogP) is 3.61. The smallest absolute Gasteiger partial charge is 0.410 e. The number of likely N-dealkylation sites (tertiary alicyclic amines) is 1. The molecule has 0 spiro atoms. The molecule has 2 amide bonds. The molecule has 1 fully saturated rings. The molecule has 0 radical (unpaired) electrons. The second-order valence-corrected chi connectivity index (χ2v) is 8.25. The van der Waals surface area contributed by atoms with Gasteiger partial charge in [0.2, 0.25) is 5.91 Å². The van der Waals surface area contributed by atoms with E-state index >= 15 is 0 Å². The van der Waals surface area contributed by atoms with Crippen molar-refractivity contribution in [3.63, 3.8) is 0 Å². The van der Waals surface area contributed by atoms with E-state index < -0.39 is 18.2 Å². The molecule has 1 heterocycles. The van der Waals surface area contributed by atoms with E-state index in [-0.39, 0.29) is 25.5 Å². The molecule has 0 aliphatic carbocycles. The molecule has 1 aliphatic heterocycles. The zero-order valence-corrected chi connectivity index (χ0v) is 18.2. The molecule has 4 rings (SSSR count). The second kappa shape index (κ2) is 9.83. The van der Waals surface area contributed by atoms with E-state index in [1.165, 1.54) is 21.2 Å². The van der Waals surface area contributed by atoms with E-state index in [1.807, 2.05) is 48.5 Å². The Kier molecular flexibility index (Phi) is 6.71. The van der Waals surface area contributed by atoms with Crippen molar-refractivity contribution in [3.8, 4) is 0 Å². The lowest BCUT2D eigenvalue weighted by atomic mass is 10.0. The van der Waals surface area contributed by atoms with Crippen LogP contribution in [0, 0.1) is 0 Å². The number of ether oxygens (including phenoxy) is 1. The summed E-state index contributed by atoms with van der Waals surface area (Å²) in [7, 11) is 1.74. The molecular weight excluding hydrogens is 404 g/mol. The first-order valence-corrected chi connectivity index (χ1v) is 10.9. The van der Waals surface area contributed by atoms with Gasteiger partial charge in [-0.3, -0.25) is 9.69 Å². The normalized spacial score (nSPS) is 18.0. The number of benzene rings is 3. The molecular formula is C26H28N2O4. The summed E-state index contributed by atoms with van der Waals surface area (Å²) >= 11 is 0. The minimum absolute atomic E-state index is 0.0984. The molecule has 1 saturated heterocycles. The van der Waals surface area contributed by atoms with Gasteiger partial charge in [-0.05, 0) is 28.3 Å². The molecule has 1 unspecified atom stereocenters. The number of nitrogens with zero attached hydrogens (tertiary/aromatic N) is 2. The minimum atomic E-state index is -0.736. The van der Waals surface area contributed by atoms with Crippen LogP contribution in [-0.4, -0.2) is 59.2 Å². The van der Waals surface area contributed by atoms with E-state index in [0.29, 0.717) is 13.0 Å². The standard InChI is InChI=1S/C26H28N2O4/c1-27(15-14-21-12-7-11-20-10-5-6-13-23(20)21)25(30)24-16-22(29)17-28(24)26(31)32-18-19-8-3-2-4-9-19/h2-13,22,24,29H,14-18H2,1H3/t22?,24-/m0/s1. The maximum absolute atomic E-state index is 13.1. The quantitative estimate of drug-likeness (QED) is 0.646. The number of hydrogen-bond donors (Lipinski definition) is 1. The van der Waals surface area contributed by atoms with Crippen molar-refractivity contribution in [1.82, 2.24) is 9.80 Å². The number of aliphatic hydroxyl groups is 1. The summed E-state index contributed by atoms with van der Waals surface area (Å²) in [6.45, 7) is 0.748. The third-order valence-corrected chi connectivity index (χ3v) is 5.98. The van der Waals surface area contributed by atoms with Crippen LogP contribution in [0.2, 0.25) is 0 Å². The minimum Gasteiger partial charge on any atom is -0.445 e. The van der Waals surface area contributed by atoms with Crippen molar-refractivity contribution in [2.75, 3.05) is 20.1 Å². The predicted molar refractivity (Wildman–Crippen MR) is 123 cm³/mol. The number of carbonyl (C=O) groups is 2. The molecule has 6 heteroatoms. The Morgan fingerprint density at radius 3 is 2.56 bits per heavy atom. The summed E-state index contributed by atoms with van der Waals surface area (Å²) in [5, 5.41) is 12.5. The van der Waals surface area contributed by atoms with E-state index in [2.05, 4.69) is 24.3 Å². The average Bonchev–Trinajstić information content (AvgIpc) is 3.22. The highest BCUT2D eigenvalue weighted by Gasteiger charge is 2.41. The van der Waals surface area contributed by atoms with Gasteiger partial charge < -0.3 is 14.7 Å². The van der Waals surface area contributed by atoms with Gasteiger partial charge in [0, 0.05) is 20.0 Å². The van der Waals surface area contributed by atoms with Crippen molar-refractivity contribution in [2.24, 2.45) is 0 Å². The summed E-state index contributed by atoms with van der Waals surface area (Å²) in [4.78, 5) is 28.8. The number of likely N-dealkylation sites (N-methyl/N-ethyl adjacent to an activating group) is 1. The number of fused-ring (bicyclic) bond motifs is 1. The lowest BCUT2D eigenvalue weighted by Crippen LogP contribution is -2.47. The van der Waals surface area contributed by atoms with Gasteiger partial charge in [-0.2, -0.15) is 0 Å². The number of carbonyl (C=O) groups excluding carboxylic acids is 2. The lowest BCUT2D eigenvalue weighted by molar-refractivity contribution is -0.134. The van der Waals surface area contributed by atoms with Gasteiger partial charge in [-0.25, -0.2) is 4.79 Å². The Bertz CT molecular complexity index is 1080. The second-order valence-electron chi connectivity index (χ2n) is 8.25. The van der Waals surface area contributed by atoms with Crippen molar-refractivity contribution in [3.05, 3.63) is 83.9 Å². The SMILES string of the molecule is CN(CCc1cccc2ccccc12)C(=O)[C@@H]1CC(O)CN1C(=O)OCc1ccccc1. The molecule has 6 nitrogen and oxygen atoms in total. The summed E-state index contributed by atoms with van der Waals surface area (Å²) in [6.07, 6.45) is -0.388. The summed E-state index contributed by atoms with van der Waals surface area (Å²) in [6, 6.07) is 23.0. The molecule has 0 aromatic heterocycles. The summed E-state index contributed by atoms with van der Waals surface area (Å²) < 4.78 is 5.40. The molecule has 0 bridgehead atoms. The Morgan fingerprint density at radius 2 is 1.75 bits per heavy atom. The highest BCUT2D eigenvalue weighted by Crippen LogP contribution is 2.23. The van der Waals surface area contributed by atoms with E-state index in [1.54, 1.807) is 11.9 Å². The Morgan fingerprint density at radius 1 is 1.03 bits per heavy atom. The zero-order valence-electron chi connectivity index (χ0n) is 18.2. The summed E-state index contributed by atoms with van der Waals surface area (Å²) in [5.41, 5.74) is 2.05. The Balaban J connectivity index is 1.38. The van der Waals surface area contributed by atoms with Crippen LogP contribution in [0.25, 0.3) is 10.8 Å². The van der Waals surface area contributed by atoms with Gasteiger partial charge in [-0.1, -0.05) is 72.8 Å². The van der Waals surface area contributed by atoms with Crippen LogP contribution in [0.5, 0.6) is 0 Å². The third-order valence-electron chi connectivity index (χ3n) is 5.98. The molecule has 166 valence electrons. The van der Waals surface area contributed by atoms with Crippen LogP contribution in [0.15, 0.2) is 72.8 Å². The number of β-amino-alcohol motifs (C(OH)–C–C–N with tert-alkyl or cyclic N) is 1. The first-order valence-electron chi connectivity index (χ1n) is 10.9. The Hall–Kier alpha value is -3.38. The topological polar surface area (TPSA) is 70.1 Å². The molecule has 3 aromatic rings. The van der Waals surface area contributed by atoms with Gasteiger partial charge >= 0.3 is 6.09 Å². The van der Waals surface area contributed by atoms with Crippen LogP contribution in [-0.2, 0) is 22.6 Å². The van der Waals surface area contributed by atoms with Gasteiger partial charge in [0.25, 0.3) is 0 Å². The average molecular weight is 433 g/mol. The van der Waals surface area contributed by atoms with Crippen LogP contribution in [0.4, 0.5) is 4.79 Å². The lowest BCUT2D eigenvalue weighted by Gasteiger charge is -2.27. The number of rotatable bonds is 6. The number of aliphatic hydroxyl groups excluding tert-OH is 1. The molecule has 0 saturated carbocycles. The first kappa shape index (κ1) is 21.8.